The Labute approximate surface area is 118 Å². The molecule has 0 aromatic heterocycles. The second kappa shape index (κ2) is 7.85. The minimum Gasteiger partial charge on any atom is -0.352 e. The highest BCUT2D eigenvalue weighted by Gasteiger charge is 2.33. The first-order chi connectivity index (χ1) is 9.01. The van der Waals surface area contributed by atoms with Crippen LogP contribution in [0.25, 0.3) is 0 Å². The van der Waals surface area contributed by atoms with E-state index in [-0.39, 0.29) is 18.0 Å². The molecule has 1 saturated heterocycles. The summed E-state index contributed by atoms with van der Waals surface area (Å²) in [7, 11) is 0. The van der Waals surface area contributed by atoms with Gasteiger partial charge in [-0.1, -0.05) is 19.8 Å². The van der Waals surface area contributed by atoms with Crippen molar-refractivity contribution >= 4 is 5.91 Å². The number of piperidine rings is 1. The lowest BCUT2D eigenvalue weighted by atomic mass is 9.94. The summed E-state index contributed by atoms with van der Waals surface area (Å²) in [5, 5.41) is 3.12. The number of nitrogens with two attached hydrogens (primary N) is 1. The quantitative estimate of drug-likeness (QED) is 0.774. The summed E-state index contributed by atoms with van der Waals surface area (Å²) < 4.78 is 0. The van der Waals surface area contributed by atoms with Gasteiger partial charge in [-0.25, -0.2) is 0 Å². The number of hydrogen-bond donors (Lipinski definition) is 2. The van der Waals surface area contributed by atoms with E-state index in [9.17, 15) is 4.79 Å². The summed E-state index contributed by atoms with van der Waals surface area (Å²) in [4.78, 5) is 14.7. The lowest BCUT2D eigenvalue weighted by molar-refractivity contribution is -0.129. The lowest BCUT2D eigenvalue weighted by Crippen LogP contribution is -2.58. The van der Waals surface area contributed by atoms with Gasteiger partial charge in [0.15, 0.2) is 0 Å². The fourth-order valence-corrected chi connectivity index (χ4v) is 3.25. The summed E-state index contributed by atoms with van der Waals surface area (Å²) in [6.45, 7) is 9.09. The molecule has 1 fully saturated rings. The molecule has 4 atom stereocenters. The van der Waals surface area contributed by atoms with Crippen LogP contribution in [-0.2, 0) is 4.79 Å². The van der Waals surface area contributed by atoms with Gasteiger partial charge in [-0.15, -0.1) is 0 Å². The molecule has 4 unspecified atom stereocenters. The Kier molecular flexibility index (Phi) is 6.80. The monoisotopic (exact) mass is 269 g/mol. The fraction of sp³-hybridized carbons (Fsp3) is 0.933. The third kappa shape index (κ3) is 4.46. The number of carbonyl (C=O) groups is 1. The molecule has 19 heavy (non-hydrogen) atoms. The van der Waals surface area contributed by atoms with Gasteiger partial charge in [-0.2, -0.15) is 0 Å². The molecule has 4 heteroatoms. The molecular weight excluding hydrogens is 238 g/mol. The molecule has 0 radical (unpaired) electrons. The van der Waals surface area contributed by atoms with E-state index in [1.807, 2.05) is 6.92 Å². The summed E-state index contributed by atoms with van der Waals surface area (Å²) in [5.41, 5.74) is 5.87. The van der Waals surface area contributed by atoms with Crippen LogP contribution in [0.4, 0.5) is 0 Å². The molecule has 1 aliphatic heterocycles. The van der Waals surface area contributed by atoms with Gasteiger partial charge in [-0.05, 0) is 40.0 Å². The van der Waals surface area contributed by atoms with E-state index >= 15 is 0 Å². The number of nitrogens with one attached hydrogen (secondary N) is 1. The number of rotatable bonds is 6. The van der Waals surface area contributed by atoms with Crippen LogP contribution in [0.15, 0.2) is 0 Å². The van der Waals surface area contributed by atoms with E-state index in [0.29, 0.717) is 18.6 Å². The van der Waals surface area contributed by atoms with Crippen LogP contribution in [0.3, 0.4) is 0 Å². The summed E-state index contributed by atoms with van der Waals surface area (Å²) in [6, 6.07) is 0.982. The molecule has 1 amide bonds. The average Bonchev–Trinajstić information content (AvgIpc) is 2.37. The van der Waals surface area contributed by atoms with Crippen molar-refractivity contribution in [1.82, 2.24) is 10.2 Å². The van der Waals surface area contributed by atoms with Crippen molar-refractivity contribution in [3.8, 4) is 0 Å². The number of hydrogen-bond acceptors (Lipinski definition) is 3. The number of nitrogens with zero attached hydrogens (tertiary/aromatic N) is 1. The smallest absolute Gasteiger partial charge is 0.237 e. The van der Waals surface area contributed by atoms with Crippen molar-refractivity contribution in [3.63, 3.8) is 0 Å². The van der Waals surface area contributed by atoms with Crippen molar-refractivity contribution in [3.05, 3.63) is 0 Å². The lowest BCUT2D eigenvalue weighted by Gasteiger charge is -2.43. The number of carbonyl (C=O) groups excluding carboxylic acids is 1. The molecule has 1 aliphatic rings. The average molecular weight is 269 g/mol. The van der Waals surface area contributed by atoms with Gasteiger partial charge < -0.3 is 11.1 Å². The molecule has 0 bridgehead atoms. The minimum atomic E-state index is -0.0804. The van der Waals surface area contributed by atoms with E-state index < -0.39 is 0 Å². The number of amides is 1. The Morgan fingerprint density at radius 2 is 2.11 bits per heavy atom. The van der Waals surface area contributed by atoms with Crippen LogP contribution in [-0.4, -0.2) is 41.5 Å². The van der Waals surface area contributed by atoms with Crippen molar-refractivity contribution in [2.75, 3.05) is 6.54 Å². The molecule has 112 valence electrons. The molecule has 0 aromatic carbocycles. The largest absolute Gasteiger partial charge is 0.352 e. The molecule has 0 saturated carbocycles. The Morgan fingerprint density at radius 1 is 1.42 bits per heavy atom. The summed E-state index contributed by atoms with van der Waals surface area (Å²) >= 11 is 0. The Morgan fingerprint density at radius 3 is 2.68 bits per heavy atom. The van der Waals surface area contributed by atoms with E-state index in [4.69, 9.17) is 5.73 Å². The van der Waals surface area contributed by atoms with Crippen LogP contribution >= 0.6 is 0 Å². The molecule has 1 rings (SSSR count). The fourth-order valence-electron chi connectivity index (χ4n) is 3.25. The van der Waals surface area contributed by atoms with Gasteiger partial charge in [0.05, 0.1) is 6.04 Å². The van der Waals surface area contributed by atoms with Gasteiger partial charge in [0, 0.05) is 24.7 Å². The summed E-state index contributed by atoms with van der Waals surface area (Å²) in [6.07, 6.45) is 5.64. The maximum atomic E-state index is 12.3. The standard InChI is InChI=1S/C15H31N3O/c1-5-7-11(2)17-15(19)13(4)18-12(3)8-6-9-14(18)10-16/h11-14H,5-10,16H2,1-4H3,(H,17,19). The van der Waals surface area contributed by atoms with Crippen molar-refractivity contribution < 1.29 is 4.79 Å². The second-order valence-electron chi connectivity index (χ2n) is 5.99. The first-order valence-corrected chi connectivity index (χ1v) is 7.79. The van der Waals surface area contributed by atoms with Crippen LogP contribution in [0.5, 0.6) is 0 Å². The molecule has 4 nitrogen and oxygen atoms in total. The highest BCUT2D eigenvalue weighted by Crippen LogP contribution is 2.24. The zero-order valence-corrected chi connectivity index (χ0v) is 13.0. The van der Waals surface area contributed by atoms with Gasteiger partial charge in [0.2, 0.25) is 5.91 Å². The van der Waals surface area contributed by atoms with Crippen molar-refractivity contribution in [2.45, 2.75) is 84.0 Å². The van der Waals surface area contributed by atoms with Crippen molar-refractivity contribution in [2.24, 2.45) is 5.73 Å². The molecule has 0 spiro atoms. The highest BCUT2D eigenvalue weighted by atomic mass is 16.2. The second-order valence-corrected chi connectivity index (χ2v) is 5.99. The predicted molar refractivity (Wildman–Crippen MR) is 80.0 cm³/mol. The van der Waals surface area contributed by atoms with Crippen LogP contribution < -0.4 is 11.1 Å². The number of likely N-dealkylation sites (tertiary alicyclic amines) is 1. The SMILES string of the molecule is CCCC(C)NC(=O)C(C)N1C(C)CCCC1CN. The maximum absolute atomic E-state index is 12.3. The maximum Gasteiger partial charge on any atom is 0.237 e. The van der Waals surface area contributed by atoms with Gasteiger partial charge in [0.1, 0.15) is 0 Å². The van der Waals surface area contributed by atoms with Gasteiger partial charge in [0.25, 0.3) is 0 Å². The van der Waals surface area contributed by atoms with Gasteiger partial charge in [-0.3, -0.25) is 9.69 Å². The zero-order valence-electron chi connectivity index (χ0n) is 13.0. The predicted octanol–water partition coefficient (Wildman–Crippen LogP) is 1.88. The Bertz CT molecular complexity index is 283. The third-order valence-electron chi connectivity index (χ3n) is 4.30. The van der Waals surface area contributed by atoms with Crippen molar-refractivity contribution in [1.29, 1.82) is 0 Å². The highest BCUT2D eigenvalue weighted by molar-refractivity contribution is 5.81. The van der Waals surface area contributed by atoms with Gasteiger partial charge >= 0.3 is 0 Å². The van der Waals surface area contributed by atoms with Crippen LogP contribution in [0, 0.1) is 0 Å². The zero-order chi connectivity index (χ0) is 14.4. The van der Waals surface area contributed by atoms with E-state index in [0.717, 1.165) is 19.3 Å². The molecule has 3 N–H and O–H groups in total. The first-order valence-electron chi connectivity index (χ1n) is 7.79. The van der Waals surface area contributed by atoms with E-state index in [1.165, 1.54) is 12.8 Å². The van der Waals surface area contributed by atoms with E-state index in [1.54, 1.807) is 0 Å². The van der Waals surface area contributed by atoms with Crippen LogP contribution in [0.2, 0.25) is 0 Å². The molecule has 0 aromatic rings. The normalized spacial score (nSPS) is 27.8. The van der Waals surface area contributed by atoms with Crippen LogP contribution in [0.1, 0.15) is 59.8 Å². The van der Waals surface area contributed by atoms with E-state index in [2.05, 4.69) is 31.0 Å². The third-order valence-corrected chi connectivity index (χ3v) is 4.30. The summed E-state index contributed by atoms with van der Waals surface area (Å²) in [5.74, 6) is 0.146. The minimum absolute atomic E-state index is 0.0804. The molecular formula is C15H31N3O. The first kappa shape index (κ1) is 16.4. The molecule has 0 aliphatic carbocycles. The Hall–Kier alpha value is -0.610. The Balaban J connectivity index is 2.62. The molecule has 1 heterocycles. The topological polar surface area (TPSA) is 58.4 Å².